The van der Waals surface area contributed by atoms with E-state index in [1.165, 1.54) is 50.0 Å². The number of rotatable bonds is 3. The summed E-state index contributed by atoms with van der Waals surface area (Å²) in [7, 11) is 4.40. The molecular weight excluding hydrogens is 621 g/mol. The van der Waals surface area contributed by atoms with Gasteiger partial charge >= 0.3 is 0 Å². The van der Waals surface area contributed by atoms with Crippen molar-refractivity contribution in [1.29, 1.82) is 0 Å². The average molecular weight is 659 g/mol. The first-order chi connectivity index (χ1) is 24.9. The number of likely N-dealkylation sites (N-methyl/N-ethyl adjacent to an activating group) is 2. The SMILES string of the molecule is CC1C=CC2=CC3C(=CC=C(c4ccc5c(c4)C=CC(c4ccc6cc(-c7ccc8cc9ccccc9cc8n7)ccc6n4)N5C)N3C)C=C2C1. The van der Waals surface area contributed by atoms with Crippen molar-refractivity contribution >= 4 is 50.0 Å². The molecule has 2 aliphatic heterocycles. The van der Waals surface area contributed by atoms with Crippen molar-refractivity contribution in [3.63, 3.8) is 0 Å². The van der Waals surface area contributed by atoms with E-state index in [-0.39, 0.29) is 12.1 Å². The molecule has 3 unspecified atom stereocenters. The van der Waals surface area contributed by atoms with Crippen molar-refractivity contribution in [3.05, 3.63) is 173 Å². The summed E-state index contributed by atoms with van der Waals surface area (Å²) in [6.45, 7) is 2.30. The first-order valence-electron chi connectivity index (χ1n) is 18.0. The number of pyridine rings is 2. The summed E-state index contributed by atoms with van der Waals surface area (Å²) in [5, 5.41) is 4.71. The van der Waals surface area contributed by atoms with Gasteiger partial charge in [0.05, 0.1) is 34.5 Å². The highest BCUT2D eigenvalue weighted by Gasteiger charge is 2.29. The number of allylic oxidation sites excluding steroid dienone is 6. The fraction of sp³-hybridized carbons (Fsp3) is 0.149. The Kier molecular flexibility index (Phi) is 6.75. The van der Waals surface area contributed by atoms with E-state index in [0.29, 0.717) is 5.92 Å². The molecule has 51 heavy (non-hydrogen) atoms. The van der Waals surface area contributed by atoms with E-state index < -0.39 is 0 Å². The van der Waals surface area contributed by atoms with Crippen LogP contribution < -0.4 is 4.90 Å². The van der Waals surface area contributed by atoms with E-state index in [0.717, 1.165) is 45.2 Å². The molecule has 246 valence electrons. The summed E-state index contributed by atoms with van der Waals surface area (Å²) < 4.78 is 0. The summed E-state index contributed by atoms with van der Waals surface area (Å²) in [5.41, 5.74) is 14.2. The van der Waals surface area contributed by atoms with Gasteiger partial charge < -0.3 is 9.80 Å². The zero-order valence-corrected chi connectivity index (χ0v) is 29.1. The Balaban J connectivity index is 0.909. The lowest BCUT2D eigenvalue weighted by atomic mass is 9.81. The second-order valence-electron chi connectivity index (χ2n) is 14.5. The largest absolute Gasteiger partial charge is 0.364 e. The molecule has 0 N–H and O–H groups in total. The van der Waals surface area contributed by atoms with Crippen LogP contribution in [0.25, 0.3) is 55.6 Å². The fourth-order valence-electron chi connectivity index (χ4n) is 8.37. The lowest BCUT2D eigenvalue weighted by molar-refractivity contribution is 0.442. The van der Waals surface area contributed by atoms with Gasteiger partial charge in [0.2, 0.25) is 0 Å². The van der Waals surface area contributed by atoms with Gasteiger partial charge in [-0.1, -0.05) is 98.0 Å². The fourth-order valence-corrected chi connectivity index (χ4v) is 8.37. The van der Waals surface area contributed by atoms with E-state index in [2.05, 4.69) is 176 Å². The lowest BCUT2D eigenvalue weighted by Crippen LogP contribution is -2.34. The highest BCUT2D eigenvalue weighted by molar-refractivity contribution is 5.97. The molecule has 4 aliphatic rings. The van der Waals surface area contributed by atoms with Crippen LogP contribution in [0.2, 0.25) is 0 Å². The van der Waals surface area contributed by atoms with Crippen LogP contribution in [-0.4, -0.2) is 35.0 Å². The lowest BCUT2D eigenvalue weighted by Gasteiger charge is -2.38. The molecule has 0 spiro atoms. The molecule has 0 saturated heterocycles. The number of hydrogen-bond acceptors (Lipinski definition) is 4. The van der Waals surface area contributed by atoms with E-state index in [4.69, 9.17) is 9.97 Å². The maximum Gasteiger partial charge on any atom is 0.0897 e. The minimum atomic E-state index is 0.0487. The zero-order chi connectivity index (χ0) is 34.2. The number of anilines is 1. The van der Waals surface area contributed by atoms with E-state index >= 15 is 0 Å². The highest BCUT2D eigenvalue weighted by Crippen LogP contribution is 2.41. The Morgan fingerprint density at radius 3 is 2.37 bits per heavy atom. The second-order valence-corrected chi connectivity index (χ2v) is 14.5. The van der Waals surface area contributed by atoms with Crippen molar-refractivity contribution in [2.45, 2.75) is 25.4 Å². The standard InChI is InChI=1S/C47H38N4/c1-29-8-9-32-28-47-38(26-39(32)22-29)14-20-45(51(47)3)36-13-19-44-37(25-36)15-21-46(50(44)2)42-18-12-34-24-33(10-16-40(34)48-42)41-17-11-35-23-30-6-4-5-7-31(30)27-43(35)49-41/h4-21,23-29,46-47H,22H2,1-3H3. The summed E-state index contributed by atoms with van der Waals surface area (Å²) in [6.07, 6.45) is 19.8. The number of nitrogens with zero attached hydrogens (tertiary/aromatic N) is 4. The van der Waals surface area contributed by atoms with E-state index in [9.17, 15) is 0 Å². The maximum absolute atomic E-state index is 5.16. The average Bonchev–Trinajstić information content (AvgIpc) is 3.16. The highest BCUT2D eigenvalue weighted by atomic mass is 15.2. The van der Waals surface area contributed by atoms with Crippen molar-refractivity contribution in [2.75, 3.05) is 19.0 Å². The Hall–Kier alpha value is -6.00. The monoisotopic (exact) mass is 658 g/mol. The number of hydrogen-bond donors (Lipinski definition) is 0. The Morgan fingerprint density at radius 2 is 1.47 bits per heavy atom. The molecule has 0 radical (unpaired) electrons. The third-order valence-electron chi connectivity index (χ3n) is 11.2. The first kappa shape index (κ1) is 29.9. The molecule has 2 aliphatic carbocycles. The van der Waals surface area contributed by atoms with E-state index in [1.54, 1.807) is 0 Å². The molecule has 4 aromatic carbocycles. The van der Waals surface area contributed by atoms with Gasteiger partial charge in [0.1, 0.15) is 0 Å². The Labute approximate surface area is 298 Å². The smallest absolute Gasteiger partial charge is 0.0897 e. The van der Waals surface area contributed by atoms with Gasteiger partial charge in [0.15, 0.2) is 0 Å². The van der Waals surface area contributed by atoms with Crippen LogP contribution in [0, 0.1) is 5.92 Å². The maximum atomic E-state index is 5.16. The van der Waals surface area contributed by atoms with Crippen molar-refractivity contribution < 1.29 is 0 Å². The van der Waals surface area contributed by atoms with Crippen molar-refractivity contribution in [3.8, 4) is 11.3 Å². The molecule has 0 bridgehead atoms. The second kappa shape index (κ2) is 11.5. The van der Waals surface area contributed by atoms with Gasteiger partial charge in [-0.25, -0.2) is 4.98 Å². The summed E-state index contributed by atoms with van der Waals surface area (Å²) in [6, 6.07) is 35.2. The predicted molar refractivity (Wildman–Crippen MR) is 213 cm³/mol. The molecule has 0 saturated carbocycles. The molecule has 6 aromatic rings. The quantitative estimate of drug-likeness (QED) is 0.177. The van der Waals surface area contributed by atoms with Crippen LogP contribution >= 0.6 is 0 Å². The van der Waals surface area contributed by atoms with Crippen LogP contribution in [-0.2, 0) is 0 Å². The van der Waals surface area contributed by atoms with Gasteiger partial charge in [0, 0.05) is 41.8 Å². The molecule has 0 amide bonds. The summed E-state index contributed by atoms with van der Waals surface area (Å²) >= 11 is 0. The van der Waals surface area contributed by atoms with Gasteiger partial charge in [-0.3, -0.25) is 4.98 Å². The van der Waals surface area contributed by atoms with Crippen LogP contribution in [0.15, 0.2) is 156 Å². The van der Waals surface area contributed by atoms with Gasteiger partial charge in [-0.2, -0.15) is 0 Å². The topological polar surface area (TPSA) is 32.3 Å². The van der Waals surface area contributed by atoms with Crippen molar-refractivity contribution in [2.24, 2.45) is 5.92 Å². The molecular formula is C47H38N4. The first-order valence-corrected chi connectivity index (χ1v) is 18.0. The minimum absolute atomic E-state index is 0.0487. The molecule has 0 fully saturated rings. The zero-order valence-electron chi connectivity index (χ0n) is 29.1. The molecule has 3 atom stereocenters. The van der Waals surface area contributed by atoms with Crippen LogP contribution in [0.3, 0.4) is 0 Å². The Bertz CT molecular complexity index is 2630. The molecule has 10 rings (SSSR count). The number of aromatic nitrogens is 2. The minimum Gasteiger partial charge on any atom is -0.364 e. The molecule has 4 heteroatoms. The van der Waals surface area contributed by atoms with Crippen molar-refractivity contribution in [1.82, 2.24) is 14.9 Å². The van der Waals surface area contributed by atoms with Gasteiger partial charge in [0.25, 0.3) is 0 Å². The third kappa shape index (κ3) is 5.05. The van der Waals surface area contributed by atoms with Gasteiger partial charge in [-0.15, -0.1) is 0 Å². The number of fused-ring (bicyclic) bond motifs is 6. The normalized spacial score (nSPS) is 20.8. The molecule has 4 nitrogen and oxygen atoms in total. The summed E-state index contributed by atoms with van der Waals surface area (Å²) in [5.74, 6) is 0.603. The van der Waals surface area contributed by atoms with E-state index in [1.807, 2.05) is 0 Å². The number of benzene rings is 4. The molecule has 2 aromatic heterocycles. The predicted octanol–water partition coefficient (Wildman–Crippen LogP) is 10.9. The molecule has 4 heterocycles. The van der Waals surface area contributed by atoms with Crippen LogP contribution in [0.5, 0.6) is 0 Å². The van der Waals surface area contributed by atoms with Crippen LogP contribution in [0.4, 0.5) is 5.69 Å². The summed E-state index contributed by atoms with van der Waals surface area (Å²) in [4.78, 5) is 15.0. The third-order valence-corrected chi connectivity index (χ3v) is 11.2. The van der Waals surface area contributed by atoms with Crippen LogP contribution in [0.1, 0.15) is 36.2 Å². The van der Waals surface area contributed by atoms with Gasteiger partial charge in [-0.05, 0) is 106 Å². The Morgan fingerprint density at radius 1 is 0.647 bits per heavy atom.